The van der Waals surface area contributed by atoms with E-state index in [1.807, 2.05) is 0 Å². The van der Waals surface area contributed by atoms with Gasteiger partial charge in [0.15, 0.2) is 5.78 Å². The van der Waals surface area contributed by atoms with E-state index in [0.29, 0.717) is 10.6 Å². The van der Waals surface area contributed by atoms with E-state index in [0.717, 1.165) is 0 Å². The van der Waals surface area contributed by atoms with Crippen LogP contribution in [0.25, 0.3) is 0 Å². The van der Waals surface area contributed by atoms with Crippen molar-refractivity contribution in [3.05, 3.63) is 34.9 Å². The predicted molar refractivity (Wildman–Crippen MR) is 57.2 cm³/mol. The van der Waals surface area contributed by atoms with Gasteiger partial charge in [0.05, 0.1) is 6.42 Å². The molecule has 1 aromatic rings. The first-order valence-corrected chi connectivity index (χ1v) is 4.90. The summed E-state index contributed by atoms with van der Waals surface area (Å²) >= 11 is 5.67. The van der Waals surface area contributed by atoms with E-state index in [4.69, 9.17) is 16.7 Å². The minimum Gasteiger partial charge on any atom is -0.481 e. The zero-order valence-corrected chi connectivity index (χ0v) is 8.99. The second-order valence-electron chi connectivity index (χ2n) is 3.37. The minimum absolute atomic E-state index is 0.151. The number of aliphatic carboxylic acids is 1. The van der Waals surface area contributed by atoms with Crippen LogP contribution in [-0.2, 0) is 4.79 Å². The summed E-state index contributed by atoms with van der Waals surface area (Å²) in [5.74, 6) is -1.65. The molecule has 15 heavy (non-hydrogen) atoms. The van der Waals surface area contributed by atoms with Gasteiger partial charge in [0.1, 0.15) is 0 Å². The van der Waals surface area contributed by atoms with Crippen LogP contribution >= 0.6 is 11.6 Å². The average Bonchev–Trinajstić information content (AvgIpc) is 2.17. The molecular weight excluding hydrogens is 216 g/mol. The summed E-state index contributed by atoms with van der Waals surface area (Å²) in [6.07, 6.45) is -0.151. The lowest BCUT2D eigenvalue weighted by Gasteiger charge is -2.07. The van der Waals surface area contributed by atoms with Crippen molar-refractivity contribution in [1.29, 1.82) is 0 Å². The highest BCUT2D eigenvalue weighted by Gasteiger charge is 2.17. The number of carboxylic acids is 1. The van der Waals surface area contributed by atoms with Crippen molar-refractivity contribution in [2.75, 3.05) is 0 Å². The Hall–Kier alpha value is -1.35. The monoisotopic (exact) mass is 226 g/mol. The van der Waals surface area contributed by atoms with E-state index in [1.165, 1.54) is 0 Å². The molecule has 0 saturated carbocycles. The van der Waals surface area contributed by atoms with Crippen LogP contribution in [0.2, 0.25) is 5.02 Å². The second kappa shape index (κ2) is 4.94. The number of hydrogen-bond acceptors (Lipinski definition) is 2. The first-order chi connectivity index (χ1) is 7.00. The number of halogens is 1. The van der Waals surface area contributed by atoms with Crippen molar-refractivity contribution in [3.8, 4) is 0 Å². The molecule has 0 amide bonds. The average molecular weight is 227 g/mol. The first-order valence-electron chi connectivity index (χ1n) is 4.52. The first kappa shape index (κ1) is 11.7. The molecule has 0 unspecified atom stereocenters. The summed E-state index contributed by atoms with van der Waals surface area (Å²) in [7, 11) is 0. The molecule has 80 valence electrons. The summed E-state index contributed by atoms with van der Waals surface area (Å²) in [4.78, 5) is 22.1. The zero-order chi connectivity index (χ0) is 11.4. The van der Waals surface area contributed by atoms with Crippen LogP contribution in [0.15, 0.2) is 24.3 Å². The molecule has 0 bridgehead atoms. The summed E-state index contributed by atoms with van der Waals surface area (Å²) in [5.41, 5.74) is 0.494. The third-order valence-electron chi connectivity index (χ3n) is 2.06. The smallest absolute Gasteiger partial charge is 0.304 e. The highest BCUT2D eigenvalue weighted by atomic mass is 35.5. The molecule has 0 radical (unpaired) electrons. The molecule has 1 N–H and O–H groups in total. The third kappa shape index (κ3) is 3.36. The summed E-state index contributed by atoms with van der Waals surface area (Å²) < 4.78 is 0. The molecule has 3 nitrogen and oxygen atoms in total. The Morgan fingerprint density at radius 1 is 1.33 bits per heavy atom. The Balaban J connectivity index is 2.76. The molecule has 1 atom stereocenters. The van der Waals surface area contributed by atoms with E-state index >= 15 is 0 Å². The Labute approximate surface area is 92.7 Å². The van der Waals surface area contributed by atoms with Gasteiger partial charge in [0.25, 0.3) is 0 Å². The molecule has 1 aromatic carbocycles. The lowest BCUT2D eigenvalue weighted by molar-refractivity contribution is -0.137. The van der Waals surface area contributed by atoms with Gasteiger partial charge in [-0.2, -0.15) is 0 Å². The molecule has 0 aromatic heterocycles. The normalized spacial score (nSPS) is 12.1. The molecule has 0 heterocycles. The number of benzene rings is 1. The largest absolute Gasteiger partial charge is 0.481 e. The van der Waals surface area contributed by atoms with Crippen LogP contribution in [0.1, 0.15) is 23.7 Å². The third-order valence-corrected chi connectivity index (χ3v) is 2.31. The number of Topliss-reactive ketones (excluding diaryl/α,β-unsaturated/α-hetero) is 1. The minimum atomic E-state index is -0.968. The van der Waals surface area contributed by atoms with Crippen LogP contribution in [-0.4, -0.2) is 16.9 Å². The van der Waals surface area contributed by atoms with Crippen LogP contribution in [0.3, 0.4) is 0 Å². The fourth-order valence-electron chi connectivity index (χ4n) is 1.25. The molecule has 4 heteroatoms. The molecule has 0 aliphatic rings. The van der Waals surface area contributed by atoms with Gasteiger partial charge in [-0.25, -0.2) is 0 Å². The zero-order valence-electron chi connectivity index (χ0n) is 8.24. The predicted octanol–water partition coefficient (Wildman–Crippen LogP) is 2.63. The number of carbonyl (C=O) groups excluding carboxylic acids is 1. The van der Waals surface area contributed by atoms with Crippen molar-refractivity contribution < 1.29 is 14.7 Å². The Morgan fingerprint density at radius 3 is 2.33 bits per heavy atom. The lowest BCUT2D eigenvalue weighted by atomic mass is 9.97. The number of carboxylic acid groups (broad SMARTS) is 1. The number of rotatable bonds is 4. The molecule has 0 saturated heterocycles. The van der Waals surface area contributed by atoms with Gasteiger partial charge in [-0.15, -0.1) is 0 Å². The highest BCUT2D eigenvalue weighted by molar-refractivity contribution is 6.30. The summed E-state index contributed by atoms with van der Waals surface area (Å²) in [6.45, 7) is 1.60. The van der Waals surface area contributed by atoms with E-state index in [9.17, 15) is 9.59 Å². The Morgan fingerprint density at radius 2 is 1.87 bits per heavy atom. The van der Waals surface area contributed by atoms with Gasteiger partial charge in [-0.05, 0) is 24.3 Å². The number of carbonyl (C=O) groups is 2. The summed E-state index contributed by atoms with van der Waals surface area (Å²) in [5, 5.41) is 9.10. The van der Waals surface area contributed by atoms with Gasteiger partial charge in [-0.3, -0.25) is 9.59 Å². The van der Waals surface area contributed by atoms with E-state index in [1.54, 1.807) is 31.2 Å². The molecule has 0 aliphatic carbocycles. The van der Waals surface area contributed by atoms with Crippen LogP contribution in [0.4, 0.5) is 0 Å². The van der Waals surface area contributed by atoms with Crippen molar-refractivity contribution in [2.45, 2.75) is 13.3 Å². The van der Waals surface area contributed by atoms with Gasteiger partial charge < -0.3 is 5.11 Å². The van der Waals surface area contributed by atoms with Crippen molar-refractivity contribution in [1.82, 2.24) is 0 Å². The maximum Gasteiger partial charge on any atom is 0.304 e. The van der Waals surface area contributed by atoms with E-state index < -0.39 is 11.9 Å². The lowest BCUT2D eigenvalue weighted by Crippen LogP contribution is -2.15. The van der Waals surface area contributed by atoms with Crippen LogP contribution in [0.5, 0.6) is 0 Å². The van der Waals surface area contributed by atoms with Crippen molar-refractivity contribution >= 4 is 23.4 Å². The SMILES string of the molecule is C[C@H](CC(=O)O)C(=O)c1ccc(Cl)cc1. The molecule has 0 spiro atoms. The fourth-order valence-corrected chi connectivity index (χ4v) is 1.38. The Kier molecular flexibility index (Phi) is 3.86. The van der Waals surface area contributed by atoms with E-state index in [-0.39, 0.29) is 12.2 Å². The second-order valence-corrected chi connectivity index (χ2v) is 3.81. The van der Waals surface area contributed by atoms with Gasteiger partial charge >= 0.3 is 5.97 Å². The highest BCUT2D eigenvalue weighted by Crippen LogP contribution is 2.15. The van der Waals surface area contributed by atoms with E-state index in [2.05, 4.69) is 0 Å². The van der Waals surface area contributed by atoms with Crippen LogP contribution < -0.4 is 0 Å². The Bertz CT molecular complexity index is 370. The molecule has 1 rings (SSSR count). The van der Waals surface area contributed by atoms with Crippen LogP contribution in [0, 0.1) is 5.92 Å². The maximum absolute atomic E-state index is 11.7. The maximum atomic E-state index is 11.7. The molecule has 0 aliphatic heterocycles. The molecule has 0 fully saturated rings. The number of ketones is 1. The topological polar surface area (TPSA) is 54.4 Å². The van der Waals surface area contributed by atoms with Gasteiger partial charge in [0.2, 0.25) is 0 Å². The van der Waals surface area contributed by atoms with Crippen molar-refractivity contribution in [2.24, 2.45) is 5.92 Å². The van der Waals surface area contributed by atoms with Gasteiger partial charge in [0, 0.05) is 16.5 Å². The summed E-state index contributed by atoms with van der Waals surface area (Å²) in [6, 6.07) is 6.43. The molecular formula is C11H11ClO3. The quantitative estimate of drug-likeness (QED) is 0.803. The number of hydrogen-bond donors (Lipinski definition) is 1. The fraction of sp³-hybridized carbons (Fsp3) is 0.273. The van der Waals surface area contributed by atoms with Crippen molar-refractivity contribution in [3.63, 3.8) is 0 Å². The van der Waals surface area contributed by atoms with Gasteiger partial charge in [-0.1, -0.05) is 18.5 Å². The standard InChI is InChI=1S/C11H11ClO3/c1-7(6-10(13)14)11(15)8-2-4-9(12)5-3-8/h2-5,7H,6H2,1H3,(H,13,14)/t7-/m1/s1.